The van der Waals surface area contributed by atoms with Crippen LogP contribution in [0.2, 0.25) is 0 Å². The first-order valence-electron chi connectivity index (χ1n) is 6.03. The van der Waals surface area contributed by atoms with Gasteiger partial charge in [0.25, 0.3) is 0 Å². The lowest BCUT2D eigenvalue weighted by Crippen LogP contribution is -2.25. The van der Waals surface area contributed by atoms with Gasteiger partial charge in [0.05, 0.1) is 18.7 Å². The second-order valence-corrected chi connectivity index (χ2v) is 5.59. The van der Waals surface area contributed by atoms with Crippen molar-refractivity contribution in [1.29, 1.82) is 0 Å². The molecule has 0 saturated carbocycles. The van der Waals surface area contributed by atoms with Gasteiger partial charge < -0.3 is 15.0 Å². The van der Waals surface area contributed by atoms with E-state index < -0.39 is 5.97 Å². The van der Waals surface area contributed by atoms with Gasteiger partial charge in [0.1, 0.15) is 4.88 Å². The van der Waals surface area contributed by atoms with Crippen molar-refractivity contribution in [1.82, 2.24) is 9.88 Å². The smallest absolute Gasteiger partial charge is 0.350 e. The Morgan fingerprint density at radius 3 is 2.75 bits per heavy atom. The van der Waals surface area contributed by atoms with Crippen molar-refractivity contribution < 1.29 is 19.1 Å². The lowest BCUT2D eigenvalue weighted by atomic mass is 10.1. The fraction of sp³-hybridized carbons (Fsp3) is 0.500. The van der Waals surface area contributed by atoms with Crippen molar-refractivity contribution in [2.45, 2.75) is 13.3 Å². The third-order valence-corrected chi connectivity index (χ3v) is 4.16. The number of carbonyl (C=O) groups is 3. The highest BCUT2D eigenvalue weighted by atomic mass is 32.1. The predicted molar refractivity (Wildman–Crippen MR) is 72.6 cm³/mol. The van der Waals surface area contributed by atoms with E-state index in [9.17, 15) is 14.4 Å². The van der Waals surface area contributed by atoms with Crippen LogP contribution in [0.1, 0.15) is 21.8 Å². The van der Waals surface area contributed by atoms with E-state index in [2.05, 4.69) is 15.0 Å². The quantitative estimate of drug-likeness (QED) is 0.828. The fourth-order valence-electron chi connectivity index (χ4n) is 1.98. The molecular weight excluding hydrogens is 282 g/mol. The molecule has 2 amide bonds. The highest BCUT2D eigenvalue weighted by Gasteiger charge is 2.32. The van der Waals surface area contributed by atoms with Gasteiger partial charge in [-0.15, -0.1) is 0 Å². The minimum Gasteiger partial charge on any atom is -0.465 e. The first-order chi connectivity index (χ1) is 9.42. The maximum Gasteiger partial charge on any atom is 0.350 e. The Hall–Kier alpha value is -1.96. The zero-order valence-electron chi connectivity index (χ0n) is 11.4. The highest BCUT2D eigenvalue weighted by molar-refractivity contribution is 7.17. The minimum absolute atomic E-state index is 0.0456. The van der Waals surface area contributed by atoms with Crippen molar-refractivity contribution in [3.05, 3.63) is 10.6 Å². The third-order valence-electron chi connectivity index (χ3n) is 3.11. The summed E-state index contributed by atoms with van der Waals surface area (Å²) >= 11 is 1.06. The van der Waals surface area contributed by atoms with Gasteiger partial charge in [-0.25, -0.2) is 9.78 Å². The van der Waals surface area contributed by atoms with E-state index in [1.165, 1.54) is 12.0 Å². The molecule has 1 saturated heterocycles. The van der Waals surface area contributed by atoms with Crippen LogP contribution < -0.4 is 5.32 Å². The first kappa shape index (κ1) is 14.4. The second kappa shape index (κ2) is 5.58. The topological polar surface area (TPSA) is 88.6 Å². The van der Waals surface area contributed by atoms with E-state index >= 15 is 0 Å². The molecule has 7 nitrogen and oxygen atoms in total. The van der Waals surface area contributed by atoms with E-state index in [1.54, 1.807) is 14.0 Å². The molecular formula is C12H15N3O4S. The Bertz CT molecular complexity index is 569. The molecule has 1 aromatic rings. The maximum atomic E-state index is 12.0. The summed E-state index contributed by atoms with van der Waals surface area (Å²) in [5.41, 5.74) is 0.511. The van der Waals surface area contributed by atoms with Crippen LogP contribution in [0.4, 0.5) is 5.13 Å². The van der Waals surface area contributed by atoms with Crippen LogP contribution in [-0.2, 0) is 14.3 Å². The molecule has 1 N–H and O–H groups in total. The molecule has 0 aliphatic carbocycles. The number of nitrogens with one attached hydrogen (secondary N) is 1. The van der Waals surface area contributed by atoms with Crippen molar-refractivity contribution in [2.75, 3.05) is 26.0 Å². The molecule has 1 atom stereocenters. The number of likely N-dealkylation sites (tertiary alicyclic amines) is 1. The molecule has 0 bridgehead atoms. The number of amides is 2. The molecule has 108 valence electrons. The minimum atomic E-state index is -0.476. The zero-order chi connectivity index (χ0) is 14.9. The standard InChI is InChI=1S/C12H15N3O4S/c1-6-9(11(18)19-3)20-12(13-6)14-10(17)7-4-8(16)15(2)5-7/h7H,4-5H2,1-3H3,(H,13,14,17)/t7-/m0/s1. The molecule has 0 radical (unpaired) electrons. The summed E-state index contributed by atoms with van der Waals surface area (Å²) in [6.07, 6.45) is 0.205. The van der Waals surface area contributed by atoms with Crippen LogP contribution >= 0.6 is 11.3 Å². The summed E-state index contributed by atoms with van der Waals surface area (Å²) in [6, 6.07) is 0. The SMILES string of the molecule is COC(=O)c1sc(NC(=O)[C@H]2CC(=O)N(C)C2)nc1C. The van der Waals surface area contributed by atoms with Crippen molar-refractivity contribution >= 4 is 34.3 Å². The largest absolute Gasteiger partial charge is 0.465 e. The van der Waals surface area contributed by atoms with Crippen LogP contribution in [0.15, 0.2) is 0 Å². The number of hydrogen-bond donors (Lipinski definition) is 1. The zero-order valence-corrected chi connectivity index (χ0v) is 12.2. The molecule has 0 unspecified atom stereocenters. The van der Waals surface area contributed by atoms with E-state index in [4.69, 9.17) is 0 Å². The summed E-state index contributed by atoms with van der Waals surface area (Å²) < 4.78 is 4.63. The van der Waals surface area contributed by atoms with Gasteiger partial charge in [0.2, 0.25) is 11.8 Å². The molecule has 1 aromatic heterocycles. The summed E-state index contributed by atoms with van der Waals surface area (Å²) in [4.78, 5) is 40.9. The Balaban J connectivity index is 2.05. The van der Waals surface area contributed by atoms with Crippen molar-refractivity contribution in [3.63, 3.8) is 0 Å². The number of methoxy groups -OCH3 is 1. The predicted octanol–water partition coefficient (Wildman–Crippen LogP) is 0.655. The Kier molecular flexibility index (Phi) is 4.03. The lowest BCUT2D eigenvalue weighted by Gasteiger charge is -2.09. The summed E-state index contributed by atoms with van der Waals surface area (Å²) in [5.74, 6) is -1.15. The molecule has 8 heteroatoms. The number of thiazole rings is 1. The second-order valence-electron chi connectivity index (χ2n) is 4.59. The normalized spacial score (nSPS) is 18.2. The number of aryl methyl sites for hydroxylation is 1. The van der Waals surface area contributed by atoms with Crippen LogP contribution in [-0.4, -0.2) is 48.4 Å². The fourth-order valence-corrected chi connectivity index (χ4v) is 2.87. The number of hydrogen-bond acceptors (Lipinski definition) is 6. The molecule has 1 aliphatic heterocycles. The summed E-state index contributed by atoms with van der Waals surface area (Å²) in [5, 5.41) is 2.99. The van der Waals surface area contributed by atoms with E-state index in [1.807, 2.05) is 0 Å². The van der Waals surface area contributed by atoms with Crippen LogP contribution in [0.3, 0.4) is 0 Å². The Labute approximate surface area is 119 Å². The maximum absolute atomic E-state index is 12.0. The van der Waals surface area contributed by atoms with Gasteiger partial charge in [-0.05, 0) is 6.92 Å². The average molecular weight is 297 g/mol. The number of rotatable bonds is 3. The van der Waals surface area contributed by atoms with Gasteiger partial charge in [-0.1, -0.05) is 11.3 Å². The Morgan fingerprint density at radius 1 is 1.50 bits per heavy atom. The van der Waals surface area contributed by atoms with Gasteiger partial charge >= 0.3 is 5.97 Å². The molecule has 0 aromatic carbocycles. The summed E-state index contributed by atoms with van der Waals surface area (Å²) in [7, 11) is 2.96. The van der Waals surface area contributed by atoms with E-state index in [-0.39, 0.29) is 24.2 Å². The van der Waals surface area contributed by atoms with Crippen molar-refractivity contribution in [3.8, 4) is 0 Å². The number of ether oxygens (including phenoxy) is 1. The number of nitrogens with zero attached hydrogens (tertiary/aromatic N) is 2. The highest BCUT2D eigenvalue weighted by Crippen LogP contribution is 2.25. The number of esters is 1. The van der Waals surface area contributed by atoms with E-state index in [0.717, 1.165) is 11.3 Å². The van der Waals surface area contributed by atoms with Gasteiger partial charge in [0, 0.05) is 20.0 Å². The van der Waals surface area contributed by atoms with E-state index in [0.29, 0.717) is 22.2 Å². The number of anilines is 1. The molecule has 1 aliphatic rings. The molecule has 0 spiro atoms. The first-order valence-corrected chi connectivity index (χ1v) is 6.84. The molecule has 2 heterocycles. The van der Waals surface area contributed by atoms with Crippen LogP contribution in [0.25, 0.3) is 0 Å². The van der Waals surface area contributed by atoms with Gasteiger partial charge in [-0.2, -0.15) is 0 Å². The number of carbonyl (C=O) groups excluding carboxylic acids is 3. The monoisotopic (exact) mass is 297 g/mol. The molecule has 20 heavy (non-hydrogen) atoms. The van der Waals surface area contributed by atoms with Crippen molar-refractivity contribution in [2.24, 2.45) is 5.92 Å². The summed E-state index contributed by atoms with van der Waals surface area (Å²) in [6.45, 7) is 2.07. The van der Waals surface area contributed by atoms with Gasteiger partial charge in [-0.3, -0.25) is 9.59 Å². The van der Waals surface area contributed by atoms with Crippen LogP contribution in [0.5, 0.6) is 0 Å². The van der Waals surface area contributed by atoms with Crippen LogP contribution in [0, 0.1) is 12.8 Å². The average Bonchev–Trinajstić information content (AvgIpc) is 2.92. The Morgan fingerprint density at radius 2 is 2.20 bits per heavy atom. The van der Waals surface area contributed by atoms with Gasteiger partial charge in [0.15, 0.2) is 5.13 Å². The lowest BCUT2D eigenvalue weighted by molar-refractivity contribution is -0.127. The third kappa shape index (κ3) is 2.79. The molecule has 2 rings (SSSR count). The molecule has 1 fully saturated rings. The number of aromatic nitrogens is 1.